The number of nitrogens with zero attached hydrogens (tertiary/aromatic N) is 1. The molecule has 1 aromatic carbocycles. The summed E-state index contributed by atoms with van der Waals surface area (Å²) in [5.74, 6) is -0.0364. The number of hydrogen-bond acceptors (Lipinski definition) is 4. The molecule has 0 aliphatic carbocycles. The van der Waals surface area contributed by atoms with Gasteiger partial charge >= 0.3 is 6.09 Å². The van der Waals surface area contributed by atoms with Gasteiger partial charge in [-0.3, -0.25) is 5.41 Å². The first-order valence-corrected chi connectivity index (χ1v) is 8.81. The van der Waals surface area contributed by atoms with Crippen LogP contribution in [0.4, 0.5) is 4.79 Å². The van der Waals surface area contributed by atoms with Gasteiger partial charge in [0.25, 0.3) is 0 Å². The van der Waals surface area contributed by atoms with Crippen molar-refractivity contribution in [3.05, 3.63) is 35.9 Å². The van der Waals surface area contributed by atoms with Crippen LogP contribution in [0, 0.1) is 5.41 Å². The summed E-state index contributed by atoms with van der Waals surface area (Å²) in [5, 5.41) is 10.6. The summed E-state index contributed by atoms with van der Waals surface area (Å²) in [6.45, 7) is 3.53. The summed E-state index contributed by atoms with van der Waals surface area (Å²) in [5.41, 5.74) is 6.61. The van der Waals surface area contributed by atoms with Crippen molar-refractivity contribution >= 4 is 12.1 Å². The quantitative estimate of drug-likeness (QED) is 0.399. The number of nitrogens with one attached hydrogen (secondary N) is 2. The van der Waals surface area contributed by atoms with Gasteiger partial charge in [0.05, 0.1) is 6.04 Å². The zero-order valence-electron chi connectivity index (χ0n) is 14.7. The van der Waals surface area contributed by atoms with E-state index in [1.54, 1.807) is 4.90 Å². The Labute approximate surface area is 149 Å². The van der Waals surface area contributed by atoms with Gasteiger partial charge in [0.2, 0.25) is 0 Å². The molecule has 0 aromatic heterocycles. The van der Waals surface area contributed by atoms with Crippen molar-refractivity contribution in [3.63, 3.8) is 0 Å². The lowest BCUT2D eigenvalue weighted by Crippen LogP contribution is -2.59. The Kier molecular flexibility index (Phi) is 7.53. The largest absolute Gasteiger partial charge is 0.445 e. The number of rotatable bonds is 7. The zero-order chi connectivity index (χ0) is 18.1. The summed E-state index contributed by atoms with van der Waals surface area (Å²) in [7, 11) is 0. The van der Waals surface area contributed by atoms with Gasteiger partial charge in [-0.05, 0) is 24.8 Å². The van der Waals surface area contributed by atoms with E-state index in [0.717, 1.165) is 31.2 Å². The van der Waals surface area contributed by atoms with E-state index in [1.165, 1.54) is 0 Å². The fourth-order valence-corrected chi connectivity index (χ4v) is 2.84. The summed E-state index contributed by atoms with van der Waals surface area (Å²) < 4.78 is 11.2. The normalized spacial score (nSPS) is 20.1. The van der Waals surface area contributed by atoms with Crippen LogP contribution in [0.25, 0.3) is 0 Å². The highest BCUT2D eigenvalue weighted by Crippen LogP contribution is 2.19. The van der Waals surface area contributed by atoms with Crippen LogP contribution in [0.3, 0.4) is 0 Å². The van der Waals surface area contributed by atoms with Gasteiger partial charge in [0.1, 0.15) is 6.61 Å². The standard InChI is InChI=1S/C18H28N4O3/c1-2-3-12-24-16-15(10-7-11-22(16)17(19)20)21-18(23)25-13-14-8-5-4-6-9-14/h4-6,8-9,15-16H,2-3,7,10-13H2,1H3,(H3,19,20)(H,21,23)/t15-,16-/m0/s1. The van der Waals surface area contributed by atoms with Crippen LogP contribution in [0.1, 0.15) is 38.2 Å². The number of benzene rings is 1. The molecule has 2 atom stereocenters. The van der Waals surface area contributed by atoms with Crippen molar-refractivity contribution < 1.29 is 14.3 Å². The van der Waals surface area contributed by atoms with E-state index in [4.69, 9.17) is 20.6 Å². The van der Waals surface area contributed by atoms with Gasteiger partial charge in [0.15, 0.2) is 12.2 Å². The van der Waals surface area contributed by atoms with E-state index >= 15 is 0 Å². The van der Waals surface area contributed by atoms with Crippen molar-refractivity contribution in [2.45, 2.75) is 51.5 Å². The van der Waals surface area contributed by atoms with Crippen molar-refractivity contribution in [2.75, 3.05) is 13.2 Å². The number of carbonyl (C=O) groups excluding carboxylic acids is 1. The maximum Gasteiger partial charge on any atom is 0.407 e. The number of alkyl carbamates (subject to hydrolysis) is 1. The Balaban J connectivity index is 1.91. The maximum atomic E-state index is 12.1. The molecule has 4 N–H and O–H groups in total. The molecule has 0 saturated carbocycles. The third-order valence-electron chi connectivity index (χ3n) is 4.18. The summed E-state index contributed by atoms with van der Waals surface area (Å²) >= 11 is 0. The topological polar surface area (TPSA) is 101 Å². The van der Waals surface area contributed by atoms with Crippen LogP contribution < -0.4 is 11.1 Å². The van der Waals surface area contributed by atoms with Gasteiger partial charge in [-0.25, -0.2) is 4.79 Å². The summed E-state index contributed by atoms with van der Waals surface area (Å²) in [6, 6.07) is 9.28. The number of guanidine groups is 1. The van der Waals surface area contributed by atoms with Gasteiger partial charge in [0, 0.05) is 13.2 Å². The number of ether oxygens (including phenoxy) is 2. The van der Waals surface area contributed by atoms with Crippen molar-refractivity contribution in [1.82, 2.24) is 10.2 Å². The molecule has 0 spiro atoms. The minimum atomic E-state index is -0.483. The predicted molar refractivity (Wildman–Crippen MR) is 96.1 cm³/mol. The molecule has 7 nitrogen and oxygen atoms in total. The van der Waals surface area contributed by atoms with E-state index in [1.807, 2.05) is 30.3 Å². The van der Waals surface area contributed by atoms with E-state index in [9.17, 15) is 4.79 Å². The molecule has 1 aliphatic rings. The predicted octanol–water partition coefficient (Wildman–Crippen LogP) is 2.41. The van der Waals surface area contributed by atoms with Gasteiger partial charge < -0.3 is 25.4 Å². The molecule has 0 unspecified atom stereocenters. The smallest absolute Gasteiger partial charge is 0.407 e. The molecule has 0 bridgehead atoms. The number of piperidine rings is 1. The van der Waals surface area contributed by atoms with Crippen LogP contribution >= 0.6 is 0 Å². The first kappa shape index (κ1) is 19.1. The molecular formula is C18H28N4O3. The van der Waals surface area contributed by atoms with Crippen LogP contribution in [-0.2, 0) is 16.1 Å². The molecule has 1 amide bonds. The number of carbonyl (C=O) groups is 1. The zero-order valence-corrected chi connectivity index (χ0v) is 14.7. The molecular weight excluding hydrogens is 320 g/mol. The molecule has 25 heavy (non-hydrogen) atoms. The van der Waals surface area contributed by atoms with Crippen LogP contribution in [0.2, 0.25) is 0 Å². The van der Waals surface area contributed by atoms with E-state index in [2.05, 4.69) is 12.2 Å². The van der Waals surface area contributed by atoms with E-state index in [0.29, 0.717) is 13.2 Å². The van der Waals surface area contributed by atoms with Crippen molar-refractivity contribution in [1.29, 1.82) is 5.41 Å². The Hall–Kier alpha value is -2.28. The van der Waals surface area contributed by atoms with Gasteiger partial charge in [-0.1, -0.05) is 43.7 Å². The van der Waals surface area contributed by atoms with Crippen LogP contribution in [0.15, 0.2) is 30.3 Å². The Morgan fingerprint density at radius 1 is 1.40 bits per heavy atom. The maximum absolute atomic E-state index is 12.1. The second-order valence-electron chi connectivity index (χ2n) is 6.15. The molecule has 2 rings (SSSR count). The third-order valence-corrected chi connectivity index (χ3v) is 4.18. The number of likely N-dealkylation sites (tertiary alicyclic amines) is 1. The molecule has 138 valence electrons. The molecule has 1 aliphatic heterocycles. The average molecular weight is 348 g/mol. The van der Waals surface area contributed by atoms with Crippen molar-refractivity contribution in [3.8, 4) is 0 Å². The van der Waals surface area contributed by atoms with E-state index in [-0.39, 0.29) is 18.6 Å². The molecule has 7 heteroatoms. The third kappa shape index (κ3) is 5.94. The Morgan fingerprint density at radius 2 is 2.16 bits per heavy atom. The number of unbranched alkanes of at least 4 members (excludes halogenated alkanes) is 1. The summed E-state index contributed by atoms with van der Waals surface area (Å²) in [6.07, 6.45) is 2.63. The average Bonchev–Trinajstić information content (AvgIpc) is 2.62. The highest BCUT2D eigenvalue weighted by molar-refractivity contribution is 5.75. The molecule has 1 fully saturated rings. The number of hydrogen-bond donors (Lipinski definition) is 3. The lowest BCUT2D eigenvalue weighted by Gasteiger charge is -2.41. The fourth-order valence-electron chi connectivity index (χ4n) is 2.84. The van der Waals surface area contributed by atoms with E-state index < -0.39 is 12.3 Å². The molecule has 1 aromatic rings. The fraction of sp³-hybridized carbons (Fsp3) is 0.556. The first-order chi connectivity index (χ1) is 12.1. The molecule has 1 heterocycles. The lowest BCUT2D eigenvalue weighted by molar-refractivity contribution is -0.0677. The highest BCUT2D eigenvalue weighted by Gasteiger charge is 2.34. The van der Waals surface area contributed by atoms with Crippen LogP contribution in [-0.4, -0.2) is 42.4 Å². The van der Waals surface area contributed by atoms with Gasteiger partial charge in [-0.15, -0.1) is 0 Å². The SMILES string of the molecule is CCCCO[C@H]1[C@@H](NC(=O)OCc2ccccc2)CCCN1C(=N)N. The second kappa shape index (κ2) is 9.88. The monoisotopic (exact) mass is 348 g/mol. The summed E-state index contributed by atoms with van der Waals surface area (Å²) in [4.78, 5) is 13.8. The molecule has 1 saturated heterocycles. The minimum absolute atomic E-state index is 0.0364. The lowest BCUT2D eigenvalue weighted by atomic mass is 10.0. The molecule has 0 radical (unpaired) electrons. The number of nitrogens with two attached hydrogens (primary N) is 1. The first-order valence-electron chi connectivity index (χ1n) is 8.81. The Morgan fingerprint density at radius 3 is 2.84 bits per heavy atom. The minimum Gasteiger partial charge on any atom is -0.445 e. The van der Waals surface area contributed by atoms with Crippen LogP contribution in [0.5, 0.6) is 0 Å². The number of amides is 1. The van der Waals surface area contributed by atoms with Crippen molar-refractivity contribution in [2.24, 2.45) is 5.73 Å². The Bertz CT molecular complexity index is 553. The second-order valence-corrected chi connectivity index (χ2v) is 6.15. The highest BCUT2D eigenvalue weighted by atomic mass is 16.5. The van der Waals surface area contributed by atoms with Gasteiger partial charge in [-0.2, -0.15) is 0 Å².